The predicted molar refractivity (Wildman–Crippen MR) is 266 cm³/mol. The molecule has 0 fully saturated rings. The summed E-state index contributed by atoms with van der Waals surface area (Å²) >= 11 is 1.91. The molecule has 0 spiro atoms. The van der Waals surface area contributed by atoms with Gasteiger partial charge in [0.05, 0.1) is 11.0 Å². The number of thiophene rings is 1. The van der Waals surface area contributed by atoms with E-state index in [1.165, 1.54) is 120 Å². The zero-order valence-corrected chi connectivity index (χ0v) is 38.2. The predicted octanol–water partition coefficient (Wildman–Crippen LogP) is 14.6. The van der Waals surface area contributed by atoms with Gasteiger partial charge in [0.25, 0.3) is 0 Å². The molecule has 0 saturated heterocycles. The highest BCUT2D eigenvalue weighted by Gasteiger charge is 2.46. The van der Waals surface area contributed by atoms with E-state index in [4.69, 9.17) is 0 Å². The number of hydrogen-bond donors (Lipinski definition) is 0. The van der Waals surface area contributed by atoms with E-state index in [9.17, 15) is 0 Å². The average Bonchev–Trinajstić information content (AvgIpc) is 3.82. The third-order valence-corrected chi connectivity index (χ3v) is 15.8. The van der Waals surface area contributed by atoms with Gasteiger partial charge >= 0.3 is 6.85 Å². The largest absolute Gasteiger partial charge is 0.376 e. The molecule has 0 bridgehead atoms. The molecule has 61 heavy (non-hydrogen) atoms. The average molecular weight is 809 g/mol. The smallest absolute Gasteiger partial charge is 0.333 e. The normalized spacial score (nSPS) is 15.2. The van der Waals surface area contributed by atoms with E-state index in [0.717, 1.165) is 0 Å². The molecular formula is C57H53BN2S. The van der Waals surface area contributed by atoms with Crippen molar-refractivity contribution in [2.24, 2.45) is 0 Å². The summed E-state index contributed by atoms with van der Waals surface area (Å²) < 4.78 is 5.32. The van der Waals surface area contributed by atoms with Gasteiger partial charge in [-0.25, -0.2) is 0 Å². The van der Waals surface area contributed by atoms with Crippen LogP contribution in [0.15, 0.2) is 121 Å². The molecule has 0 amide bonds. The van der Waals surface area contributed by atoms with Gasteiger partial charge in [-0.1, -0.05) is 149 Å². The number of fused-ring (bicyclic) bond motifs is 14. The van der Waals surface area contributed by atoms with E-state index in [1.807, 2.05) is 11.3 Å². The van der Waals surface area contributed by atoms with Crippen molar-refractivity contribution >= 4 is 82.5 Å². The van der Waals surface area contributed by atoms with E-state index in [1.54, 1.807) is 0 Å². The van der Waals surface area contributed by atoms with Crippen LogP contribution in [0.2, 0.25) is 0 Å². The van der Waals surface area contributed by atoms with Crippen LogP contribution in [0.4, 0.5) is 11.4 Å². The molecule has 3 aliphatic rings. The Morgan fingerprint density at radius 1 is 0.492 bits per heavy atom. The van der Waals surface area contributed by atoms with Gasteiger partial charge in [0.15, 0.2) is 0 Å². The van der Waals surface area contributed by atoms with Crippen molar-refractivity contribution < 1.29 is 0 Å². The quantitative estimate of drug-likeness (QED) is 0.150. The number of rotatable bonds is 1. The second kappa shape index (κ2) is 11.9. The third-order valence-electron chi connectivity index (χ3n) is 14.6. The Labute approximate surface area is 365 Å². The lowest BCUT2D eigenvalue weighted by molar-refractivity contribution is 0.584. The van der Waals surface area contributed by atoms with Crippen LogP contribution in [-0.4, -0.2) is 11.4 Å². The molecule has 0 atom stereocenters. The number of anilines is 2. The van der Waals surface area contributed by atoms with E-state index in [2.05, 4.69) is 207 Å². The summed E-state index contributed by atoms with van der Waals surface area (Å²) in [4.78, 5) is 2.72. The first-order chi connectivity index (χ1) is 28.9. The maximum absolute atomic E-state index is 2.72. The third kappa shape index (κ3) is 5.03. The monoisotopic (exact) mass is 808 g/mol. The molecule has 300 valence electrons. The zero-order valence-electron chi connectivity index (χ0n) is 37.4. The fourth-order valence-electron chi connectivity index (χ4n) is 11.2. The SMILES string of the molecule is CC(C)(C)c1ccc(N2B3c4cc(C(C)(C)C)ccc4-n4c5cc6sc7ccccc7c6cc5c5ccc(c3c54)-c3cc4c(cc32)-c2ccc(C(C)(C)C)cc2C4(C)C)cc1. The second-order valence-electron chi connectivity index (χ2n) is 21.9. The van der Waals surface area contributed by atoms with Crippen LogP contribution >= 0.6 is 11.3 Å². The molecule has 9 aromatic rings. The van der Waals surface area contributed by atoms with Crippen molar-refractivity contribution in [3.8, 4) is 27.9 Å². The zero-order chi connectivity index (χ0) is 42.3. The fourth-order valence-corrected chi connectivity index (χ4v) is 12.3. The van der Waals surface area contributed by atoms with Crippen LogP contribution < -0.4 is 15.7 Å². The lowest BCUT2D eigenvalue weighted by Gasteiger charge is -2.43. The molecule has 0 radical (unpaired) electrons. The van der Waals surface area contributed by atoms with Crippen LogP contribution in [0.3, 0.4) is 0 Å². The van der Waals surface area contributed by atoms with Gasteiger partial charge in [-0.3, -0.25) is 0 Å². The molecule has 4 heterocycles. The van der Waals surface area contributed by atoms with Crippen LogP contribution in [0.25, 0.3) is 69.9 Å². The highest BCUT2D eigenvalue weighted by Crippen LogP contribution is 2.55. The summed E-state index contributed by atoms with van der Waals surface area (Å²) in [6, 6.07) is 48.2. The van der Waals surface area contributed by atoms with Gasteiger partial charge in [0.1, 0.15) is 0 Å². The molecule has 12 rings (SSSR count). The Morgan fingerprint density at radius 3 is 1.89 bits per heavy atom. The summed E-state index contributed by atoms with van der Waals surface area (Å²) in [6.07, 6.45) is 0. The molecule has 7 aromatic carbocycles. The summed E-state index contributed by atoms with van der Waals surface area (Å²) in [5.41, 5.74) is 21.5. The summed E-state index contributed by atoms with van der Waals surface area (Å²) in [5, 5.41) is 5.35. The fraction of sp³-hybridized carbons (Fsp3) is 0.263. The topological polar surface area (TPSA) is 8.17 Å². The Kier molecular flexibility index (Phi) is 7.24. The molecule has 0 N–H and O–H groups in total. The van der Waals surface area contributed by atoms with Gasteiger partial charge in [-0.05, 0) is 120 Å². The number of nitrogens with zero attached hydrogens (tertiary/aromatic N) is 2. The van der Waals surface area contributed by atoms with Gasteiger partial charge < -0.3 is 9.38 Å². The van der Waals surface area contributed by atoms with E-state index >= 15 is 0 Å². The van der Waals surface area contributed by atoms with Crippen molar-refractivity contribution in [3.05, 3.63) is 149 Å². The lowest BCUT2D eigenvalue weighted by Crippen LogP contribution is -2.60. The van der Waals surface area contributed by atoms with Gasteiger partial charge in [-0.15, -0.1) is 11.3 Å². The van der Waals surface area contributed by atoms with E-state index < -0.39 is 0 Å². The number of hydrogen-bond acceptors (Lipinski definition) is 2. The highest BCUT2D eigenvalue weighted by molar-refractivity contribution is 7.25. The summed E-state index contributed by atoms with van der Waals surface area (Å²) in [5.74, 6) is 0. The molecule has 2 nitrogen and oxygen atoms in total. The van der Waals surface area contributed by atoms with Crippen molar-refractivity contribution in [2.75, 3.05) is 4.81 Å². The number of benzene rings is 7. The Morgan fingerprint density at radius 2 is 1.15 bits per heavy atom. The standard InChI is InChI=1S/C57H53BN2S/c1-54(2,3)32-16-20-35(21-17-32)60-49-30-40-36-22-18-33(55(4,5)6)26-44(36)57(10,11)45(40)29-42(49)38-23-24-39-41-28-43-37-14-12-13-15-50(37)61-51(43)31-48(41)59-47-25-19-34(56(7,8)9)27-46(47)58(60)52(38)53(39)59/h12-31H,1-11H3. The van der Waals surface area contributed by atoms with Crippen molar-refractivity contribution in [1.29, 1.82) is 0 Å². The Hall–Kier alpha value is -5.58. The summed E-state index contributed by atoms with van der Waals surface area (Å²) in [7, 11) is 0. The molecular weight excluding hydrogens is 756 g/mol. The van der Waals surface area contributed by atoms with Crippen LogP contribution in [-0.2, 0) is 21.7 Å². The van der Waals surface area contributed by atoms with Gasteiger partial charge in [0, 0.05) is 59.0 Å². The molecule has 0 saturated carbocycles. The highest BCUT2D eigenvalue weighted by atomic mass is 32.1. The first-order valence-electron chi connectivity index (χ1n) is 22.2. The van der Waals surface area contributed by atoms with Crippen molar-refractivity contribution in [3.63, 3.8) is 0 Å². The molecule has 4 heteroatoms. The van der Waals surface area contributed by atoms with E-state index in [0.29, 0.717) is 0 Å². The van der Waals surface area contributed by atoms with Crippen molar-refractivity contribution in [2.45, 2.75) is 97.8 Å². The lowest BCUT2D eigenvalue weighted by atomic mass is 9.43. The first kappa shape index (κ1) is 37.2. The van der Waals surface area contributed by atoms with Crippen LogP contribution in [0.1, 0.15) is 104 Å². The molecule has 2 aromatic heterocycles. The molecule has 1 aliphatic carbocycles. The number of aromatic nitrogens is 1. The van der Waals surface area contributed by atoms with Crippen LogP contribution in [0, 0.1) is 0 Å². The van der Waals surface area contributed by atoms with Crippen LogP contribution in [0.5, 0.6) is 0 Å². The van der Waals surface area contributed by atoms with E-state index in [-0.39, 0.29) is 28.5 Å². The minimum absolute atomic E-state index is 0.0140. The van der Waals surface area contributed by atoms with Gasteiger partial charge in [0.2, 0.25) is 0 Å². The minimum atomic E-state index is -0.143. The second-order valence-corrected chi connectivity index (χ2v) is 22.9. The first-order valence-corrected chi connectivity index (χ1v) is 23.0. The van der Waals surface area contributed by atoms with Crippen molar-refractivity contribution in [1.82, 2.24) is 4.57 Å². The van der Waals surface area contributed by atoms with Gasteiger partial charge in [-0.2, -0.15) is 0 Å². The molecule has 2 aliphatic heterocycles. The maximum Gasteiger partial charge on any atom is 0.333 e. The summed E-state index contributed by atoms with van der Waals surface area (Å²) in [6.45, 7) is 25.8. The maximum atomic E-state index is 2.72. The Bertz CT molecular complexity index is 3390. The minimum Gasteiger partial charge on any atom is -0.376 e. The molecule has 0 unspecified atom stereocenters. The Balaban J connectivity index is 1.22.